The average Bonchev–Trinajstić information content (AvgIpc) is 2.94. The molecule has 1 saturated heterocycles. The Morgan fingerprint density at radius 3 is 3.00 bits per heavy atom. The minimum absolute atomic E-state index is 0.129. The Balaban J connectivity index is 1.74. The van der Waals surface area contributed by atoms with Crippen LogP contribution in [0.2, 0.25) is 0 Å². The van der Waals surface area contributed by atoms with Gasteiger partial charge >= 0.3 is 5.69 Å². The topological polar surface area (TPSA) is 92.8 Å². The second-order valence-electron chi connectivity index (χ2n) is 6.62. The summed E-state index contributed by atoms with van der Waals surface area (Å²) in [5, 5.41) is 0. The maximum atomic E-state index is 11.8. The Morgan fingerprint density at radius 1 is 1.43 bits per heavy atom. The molecule has 0 spiro atoms. The fourth-order valence-electron chi connectivity index (χ4n) is 3.19. The Bertz CT molecular complexity index is 787. The predicted molar refractivity (Wildman–Crippen MR) is 85.6 cm³/mol. The van der Waals surface area contributed by atoms with Crippen molar-refractivity contribution in [2.45, 2.75) is 51.2 Å². The number of nitrogens with zero attached hydrogens (tertiary/aromatic N) is 2. The first-order chi connectivity index (χ1) is 10.9. The van der Waals surface area contributed by atoms with Crippen LogP contribution in [0.15, 0.2) is 28.2 Å². The zero-order chi connectivity index (χ0) is 16.4. The smallest absolute Gasteiger partial charge is 0.325 e. The number of hydrogen-bond acceptors (Lipinski definition) is 4. The highest BCUT2D eigenvalue weighted by molar-refractivity contribution is 5.07. The SMILES string of the molecule is CC1(C)C[C@H](c2nccn2CCc2c[nH]c(=O)[nH]c2=O)CCO1. The molecule has 1 aliphatic heterocycles. The van der Waals surface area contributed by atoms with E-state index in [-0.39, 0.29) is 11.2 Å². The van der Waals surface area contributed by atoms with Crippen LogP contribution in [-0.4, -0.2) is 31.7 Å². The van der Waals surface area contributed by atoms with Gasteiger partial charge in [-0.05, 0) is 33.1 Å². The van der Waals surface area contributed by atoms with Gasteiger partial charge in [0, 0.05) is 43.2 Å². The Morgan fingerprint density at radius 2 is 2.26 bits per heavy atom. The summed E-state index contributed by atoms with van der Waals surface area (Å²) in [4.78, 5) is 32.1. The van der Waals surface area contributed by atoms with Crippen molar-refractivity contribution in [2.75, 3.05) is 6.61 Å². The van der Waals surface area contributed by atoms with Gasteiger partial charge in [-0.3, -0.25) is 9.78 Å². The minimum Gasteiger partial charge on any atom is -0.376 e. The molecule has 0 amide bonds. The van der Waals surface area contributed by atoms with E-state index in [1.807, 2.05) is 6.20 Å². The molecule has 7 heteroatoms. The van der Waals surface area contributed by atoms with Crippen LogP contribution in [0.25, 0.3) is 0 Å². The minimum atomic E-state index is -0.480. The molecule has 0 aliphatic carbocycles. The van der Waals surface area contributed by atoms with Gasteiger partial charge in [-0.15, -0.1) is 0 Å². The largest absolute Gasteiger partial charge is 0.376 e. The summed E-state index contributed by atoms with van der Waals surface area (Å²) in [6.07, 6.45) is 7.66. The van der Waals surface area contributed by atoms with Gasteiger partial charge in [0.05, 0.1) is 5.60 Å². The molecule has 2 aromatic heterocycles. The highest BCUT2D eigenvalue weighted by atomic mass is 16.5. The molecule has 3 heterocycles. The number of rotatable bonds is 4. The van der Waals surface area contributed by atoms with Crippen LogP contribution < -0.4 is 11.2 Å². The van der Waals surface area contributed by atoms with Gasteiger partial charge in [-0.2, -0.15) is 0 Å². The van der Waals surface area contributed by atoms with Gasteiger partial charge in [0.15, 0.2) is 0 Å². The summed E-state index contributed by atoms with van der Waals surface area (Å²) in [6.45, 7) is 5.60. The molecule has 0 aromatic carbocycles. The third-order valence-electron chi connectivity index (χ3n) is 4.33. The van der Waals surface area contributed by atoms with Crippen molar-refractivity contribution >= 4 is 0 Å². The first-order valence-electron chi connectivity index (χ1n) is 7.90. The molecule has 2 aromatic rings. The monoisotopic (exact) mass is 318 g/mol. The van der Waals surface area contributed by atoms with Crippen LogP contribution in [0.5, 0.6) is 0 Å². The standard InChI is InChI=1S/C16H22N4O3/c1-16(2)9-11(4-8-23-16)13-17-5-7-20(13)6-3-12-10-18-15(22)19-14(12)21/h5,7,10-11H,3-4,6,8-9H2,1-2H3,(H2,18,19,21,22)/t11-/m1/s1. The van der Waals surface area contributed by atoms with Gasteiger partial charge in [0.2, 0.25) is 0 Å². The molecule has 1 aliphatic rings. The normalized spacial score (nSPS) is 20.5. The van der Waals surface area contributed by atoms with Gasteiger partial charge in [-0.1, -0.05) is 0 Å². The van der Waals surface area contributed by atoms with Crippen LogP contribution >= 0.6 is 0 Å². The van der Waals surface area contributed by atoms with Gasteiger partial charge in [0.1, 0.15) is 5.82 Å². The summed E-state index contributed by atoms with van der Waals surface area (Å²) < 4.78 is 7.87. The maximum absolute atomic E-state index is 11.8. The van der Waals surface area contributed by atoms with Crippen molar-refractivity contribution in [3.05, 3.63) is 50.8 Å². The third kappa shape index (κ3) is 3.61. The number of aryl methyl sites for hydroxylation is 2. The van der Waals surface area contributed by atoms with Crippen LogP contribution in [0.3, 0.4) is 0 Å². The van der Waals surface area contributed by atoms with E-state index in [2.05, 4.69) is 33.4 Å². The highest BCUT2D eigenvalue weighted by Crippen LogP contribution is 2.34. The molecule has 124 valence electrons. The second kappa shape index (κ2) is 6.16. The van der Waals surface area contributed by atoms with Crippen LogP contribution in [0.1, 0.15) is 44.0 Å². The first-order valence-corrected chi connectivity index (χ1v) is 7.90. The number of nitrogens with one attached hydrogen (secondary N) is 2. The molecule has 2 N–H and O–H groups in total. The lowest BCUT2D eigenvalue weighted by Crippen LogP contribution is -2.34. The number of hydrogen-bond donors (Lipinski definition) is 2. The summed E-state index contributed by atoms with van der Waals surface area (Å²) in [5.74, 6) is 1.41. The van der Waals surface area contributed by atoms with Crippen LogP contribution in [0.4, 0.5) is 0 Å². The average molecular weight is 318 g/mol. The third-order valence-corrected chi connectivity index (χ3v) is 4.33. The summed E-state index contributed by atoms with van der Waals surface area (Å²) in [7, 11) is 0. The lowest BCUT2D eigenvalue weighted by molar-refractivity contribution is -0.0606. The van der Waals surface area contributed by atoms with E-state index >= 15 is 0 Å². The van der Waals surface area contributed by atoms with Crippen molar-refractivity contribution in [3.8, 4) is 0 Å². The molecule has 23 heavy (non-hydrogen) atoms. The van der Waals surface area contributed by atoms with E-state index in [4.69, 9.17) is 4.74 Å². The van der Waals surface area contributed by atoms with E-state index in [1.165, 1.54) is 6.20 Å². The zero-order valence-corrected chi connectivity index (χ0v) is 13.5. The molecule has 0 bridgehead atoms. The molecule has 7 nitrogen and oxygen atoms in total. The van der Waals surface area contributed by atoms with E-state index in [1.54, 1.807) is 6.20 Å². The molecule has 0 radical (unpaired) electrons. The number of ether oxygens (including phenoxy) is 1. The molecule has 3 rings (SSSR count). The van der Waals surface area contributed by atoms with Crippen molar-refractivity contribution in [2.24, 2.45) is 0 Å². The van der Waals surface area contributed by atoms with Gasteiger partial charge in [0.25, 0.3) is 5.56 Å². The maximum Gasteiger partial charge on any atom is 0.325 e. The van der Waals surface area contributed by atoms with Crippen molar-refractivity contribution in [1.82, 2.24) is 19.5 Å². The van der Waals surface area contributed by atoms with E-state index in [9.17, 15) is 9.59 Å². The van der Waals surface area contributed by atoms with E-state index in [0.29, 0.717) is 24.4 Å². The second-order valence-corrected chi connectivity index (χ2v) is 6.62. The predicted octanol–water partition coefficient (Wildman–Crippen LogP) is 1.18. The Hall–Kier alpha value is -2.15. The highest BCUT2D eigenvalue weighted by Gasteiger charge is 2.31. The molecule has 0 saturated carbocycles. The lowest BCUT2D eigenvalue weighted by atomic mass is 9.88. The molecular formula is C16H22N4O3. The quantitative estimate of drug-likeness (QED) is 0.885. The zero-order valence-electron chi connectivity index (χ0n) is 13.5. The van der Waals surface area contributed by atoms with Gasteiger partial charge in [-0.25, -0.2) is 9.78 Å². The number of H-pyrrole nitrogens is 2. The lowest BCUT2D eigenvalue weighted by Gasteiger charge is -2.35. The molecular weight excluding hydrogens is 296 g/mol. The molecule has 1 fully saturated rings. The Labute approximate surface area is 133 Å². The van der Waals surface area contributed by atoms with Crippen LogP contribution in [-0.2, 0) is 17.7 Å². The summed E-state index contributed by atoms with van der Waals surface area (Å²) >= 11 is 0. The summed E-state index contributed by atoms with van der Waals surface area (Å²) in [6, 6.07) is 0. The fourth-order valence-corrected chi connectivity index (χ4v) is 3.19. The fraction of sp³-hybridized carbons (Fsp3) is 0.562. The summed E-state index contributed by atoms with van der Waals surface area (Å²) in [5.41, 5.74) is -0.374. The number of aromatic amines is 2. The van der Waals surface area contributed by atoms with E-state index < -0.39 is 5.69 Å². The van der Waals surface area contributed by atoms with Crippen LogP contribution in [0, 0.1) is 0 Å². The van der Waals surface area contributed by atoms with Crippen molar-refractivity contribution in [1.29, 1.82) is 0 Å². The molecule has 1 atom stereocenters. The number of aromatic nitrogens is 4. The molecule has 0 unspecified atom stereocenters. The van der Waals surface area contributed by atoms with Crippen molar-refractivity contribution in [3.63, 3.8) is 0 Å². The Kier molecular flexibility index (Phi) is 4.21. The van der Waals surface area contributed by atoms with Gasteiger partial charge < -0.3 is 14.3 Å². The van der Waals surface area contributed by atoms with Crippen molar-refractivity contribution < 1.29 is 4.74 Å². The van der Waals surface area contributed by atoms with E-state index in [0.717, 1.165) is 25.3 Å². The number of imidazole rings is 1. The first kappa shape index (κ1) is 15.7.